The van der Waals surface area contributed by atoms with E-state index in [1.165, 1.54) is 33.3 Å². The van der Waals surface area contributed by atoms with Gasteiger partial charge >= 0.3 is 29.5 Å². The van der Waals surface area contributed by atoms with E-state index < -0.39 is 75.7 Å². The number of carboxylic acid groups (broad SMARTS) is 1. The van der Waals surface area contributed by atoms with Crippen molar-refractivity contribution >= 4 is 151 Å². The number of esters is 1. The Bertz CT molecular complexity index is 4590. The summed E-state index contributed by atoms with van der Waals surface area (Å²) in [7, 11) is 1.56. The summed E-state index contributed by atoms with van der Waals surface area (Å²) < 4.78 is 38.0. The fourth-order valence-corrected chi connectivity index (χ4v) is 15.2. The number of carbonyl (C=O) groups is 8. The molecule has 11 rings (SSSR count). The first-order chi connectivity index (χ1) is 51.2. The van der Waals surface area contributed by atoms with Gasteiger partial charge in [0.15, 0.2) is 5.13 Å². The molecule has 2 fully saturated rings. The molecule has 7 aromatic rings. The van der Waals surface area contributed by atoms with E-state index in [4.69, 9.17) is 39.3 Å². The van der Waals surface area contributed by atoms with Crippen LogP contribution in [0.3, 0.4) is 0 Å². The average molecular weight is 1710 g/mol. The van der Waals surface area contributed by atoms with E-state index in [2.05, 4.69) is 66.8 Å². The topological polar surface area (TPSA) is 419 Å². The number of carbonyl (C=O) groups excluding carboxylic acids is 8. The Balaban J connectivity index is 0.000000294. The number of fused-ring (bicyclic) bond motifs is 4. The molecule has 41 heteroatoms. The summed E-state index contributed by atoms with van der Waals surface area (Å²) in [4.78, 5) is 138. The number of methoxy groups -OCH3 is 1. The van der Waals surface area contributed by atoms with Crippen molar-refractivity contribution in [2.24, 2.45) is 10.3 Å². The minimum absolute atomic E-state index is 0. The highest BCUT2D eigenvalue weighted by Crippen LogP contribution is 2.42. The minimum atomic E-state index is -1.46. The molecule has 0 aliphatic carbocycles. The summed E-state index contributed by atoms with van der Waals surface area (Å²) in [5.74, 6) is -3.76. The quantitative estimate of drug-likeness (QED) is 0.00614. The number of nitrogens with zero attached hydrogens (tertiary/aromatic N) is 15. The lowest BCUT2D eigenvalue weighted by molar-refractivity contribution is -0.665. The Kier molecular flexibility index (Phi) is 30.0. The number of nitrogens with one attached hydrogen (secondary N) is 4. The first-order valence-electron chi connectivity index (χ1n) is 34.4. The van der Waals surface area contributed by atoms with Gasteiger partial charge in [0.2, 0.25) is 40.9 Å². The van der Waals surface area contributed by atoms with Crippen LogP contribution in [-0.2, 0) is 85.4 Å². The van der Waals surface area contributed by atoms with E-state index in [-0.39, 0.29) is 120 Å². The number of rotatable bonds is 30. The van der Waals surface area contributed by atoms with Gasteiger partial charge in [-0.3, -0.25) is 34.3 Å². The van der Waals surface area contributed by atoms with Gasteiger partial charge in [-0.1, -0.05) is 29.4 Å². The van der Waals surface area contributed by atoms with Gasteiger partial charge in [-0.2, -0.15) is 18.7 Å². The van der Waals surface area contributed by atoms with E-state index in [1.54, 1.807) is 83.5 Å². The second-order valence-electron chi connectivity index (χ2n) is 26.2. The second-order valence-corrected chi connectivity index (χ2v) is 30.0. The summed E-state index contributed by atoms with van der Waals surface area (Å²) in [6, 6.07) is 12.7. The Morgan fingerprint density at radius 1 is 0.716 bits per heavy atom. The number of hydrogen-bond donors (Lipinski definition) is 5. The van der Waals surface area contributed by atoms with Crippen LogP contribution in [0.5, 0.6) is 5.75 Å². The number of aryl methyl sites for hydroxylation is 2. The van der Waals surface area contributed by atoms with Gasteiger partial charge in [0, 0.05) is 71.9 Å². The number of pyridine rings is 2. The molecule has 35 nitrogen and oxygen atoms in total. The summed E-state index contributed by atoms with van der Waals surface area (Å²) in [5.41, 5.74) is 8.56. The van der Waals surface area contributed by atoms with Crippen molar-refractivity contribution in [2.45, 2.75) is 149 Å². The predicted octanol–water partition coefficient (Wildman–Crippen LogP) is 1.04. The van der Waals surface area contributed by atoms with E-state index in [9.17, 15) is 43.5 Å². The lowest BCUT2D eigenvalue weighted by Crippen LogP contribution is -3.00. The zero-order valence-electron chi connectivity index (χ0n) is 61.7. The number of oxime groups is 2. The number of β-lactam (4-membered cyclic amide) rings is 2. The molecule has 0 saturated carbocycles. The highest BCUT2D eigenvalue weighted by molar-refractivity contribution is 8.00. The molecule has 0 bridgehead atoms. The largest absolute Gasteiger partial charge is 1.00 e. The van der Waals surface area contributed by atoms with Gasteiger partial charge in [-0.05, 0) is 140 Å². The molecule has 6 N–H and O–H groups in total. The SMILES string of the molecule is CCNCCCn1cnc2c1ccc[n+]2CC1=C(C(=O)[O-])N2C(=O)C(NC(=O)/C(=N\OCC)c3nsc(N)n3)C2SC1.CCO/N=C(\C(=O)NC1C(=O)N2C(C(=O)OCc3ccc(OC)cc3)=C(C[n+]3cccc4c3ncn4CCCN(CC)C(=O)OC(C)(C)C)CSC12)c1nsc(NC(=O)OC(C)(C)C)n1.Cl.[I-]. The van der Waals surface area contributed by atoms with Crippen LogP contribution >= 0.6 is 59.0 Å². The zero-order chi connectivity index (χ0) is 76.9. The molecule has 6 aromatic heterocycles. The standard InChI is InChI=1S/C43H54N10O10S2.C25H30N10O5S2.ClH.HI/c1-10-50(41(58)63-43(6,7)8)20-13-21-52-25-44-34-29(52)14-12-19-51(34)22-27-24-64-37-31(36(55)53(37)32(27)38(56)60-23-26-15-17-28(59-9)18-16-26)45-35(54)30(48-61-11-2)33-46-39(65-49-33)47-40(57)62-42(3,4)5;1-3-27-8-6-10-34-13-28-20-15(34)7-5-9-33(20)11-14-12-41-23-17(22(37)35(23)18(14)24(38)39)29-21(36)16(31-40-4-2)19-30-25(26)42-32-19;;/h12,14-19,25,31,37H,10-11,13,20-24H2,1-9H3,(H-,45,46,47,49,54,57);5,7,9,13,17,23,27H,3-4,6,8,10-12H2,1-2H3,(H3-,26,29,30,32,36,38,39);2*1H/b48-30-;31-16-;;. The molecule has 4 aliphatic heterocycles. The zero-order valence-corrected chi connectivity index (χ0v) is 67.9. The van der Waals surface area contributed by atoms with Crippen LogP contribution in [0.2, 0.25) is 0 Å². The summed E-state index contributed by atoms with van der Waals surface area (Å²) in [6.45, 7) is 22.8. The third-order valence-electron chi connectivity index (χ3n) is 16.4. The molecule has 1 aromatic carbocycles. The average Bonchev–Trinajstić information content (AvgIpc) is 1.19. The predicted molar refractivity (Wildman–Crippen MR) is 401 cm³/mol. The van der Waals surface area contributed by atoms with Crippen molar-refractivity contribution in [3.8, 4) is 5.75 Å². The Labute approximate surface area is 667 Å². The number of hydrogen-bond acceptors (Lipinski definition) is 29. The molecular weight excluding hydrogens is 1630 g/mol. The molecule has 2 saturated heterocycles. The van der Waals surface area contributed by atoms with Crippen LogP contribution in [0.1, 0.15) is 99.3 Å². The Hall–Kier alpha value is -9.36. The van der Waals surface area contributed by atoms with Crippen molar-refractivity contribution in [2.75, 3.05) is 69.1 Å². The third-order valence-corrected chi connectivity index (χ3v) is 20.2. The first-order valence-corrected chi connectivity index (χ1v) is 38.0. The van der Waals surface area contributed by atoms with E-state index in [0.717, 1.165) is 60.2 Å². The lowest BCUT2D eigenvalue weighted by atomic mass is 10.0. The van der Waals surface area contributed by atoms with Crippen molar-refractivity contribution in [3.63, 3.8) is 0 Å². The molecule has 10 heterocycles. The van der Waals surface area contributed by atoms with Crippen molar-refractivity contribution < 1.29 is 105 Å². The van der Waals surface area contributed by atoms with Crippen molar-refractivity contribution in [3.05, 3.63) is 113 Å². The maximum atomic E-state index is 14.2. The van der Waals surface area contributed by atoms with Crippen LogP contribution in [-0.4, -0.2) is 204 Å². The van der Waals surface area contributed by atoms with Gasteiger partial charge in [0.25, 0.3) is 23.6 Å². The molecule has 586 valence electrons. The number of aliphatic carboxylic acids is 1. The van der Waals surface area contributed by atoms with Crippen LogP contribution in [0, 0.1) is 0 Å². The number of ether oxygens (including phenoxy) is 4. The molecule has 109 heavy (non-hydrogen) atoms. The number of thioether (sulfide) groups is 2. The number of anilines is 2. The minimum Gasteiger partial charge on any atom is -1.00 e. The number of nitrogen functional groups attached to an aromatic ring is 1. The van der Waals surface area contributed by atoms with Gasteiger partial charge in [-0.25, -0.2) is 23.5 Å². The summed E-state index contributed by atoms with van der Waals surface area (Å²) >= 11 is 4.41. The summed E-state index contributed by atoms with van der Waals surface area (Å²) in [5, 5.41) is 30.1. The lowest BCUT2D eigenvalue weighted by Gasteiger charge is -2.50. The summed E-state index contributed by atoms with van der Waals surface area (Å²) in [6.07, 6.45) is 7.67. The molecule has 4 aliphatic rings. The van der Waals surface area contributed by atoms with Crippen molar-refractivity contribution in [1.29, 1.82) is 0 Å². The fraction of sp³-hybridized carbons (Fsp3) is 0.471. The molecule has 4 unspecified atom stereocenters. The number of benzene rings is 1. The molecule has 0 spiro atoms. The number of nitrogens with two attached hydrogens (primary N) is 1. The Morgan fingerprint density at radius 2 is 1.24 bits per heavy atom. The molecule has 6 amide bonds. The van der Waals surface area contributed by atoms with E-state index >= 15 is 0 Å². The van der Waals surface area contributed by atoms with Crippen LogP contribution in [0.4, 0.5) is 19.9 Å². The first kappa shape index (κ1) is 85.3. The molecule has 4 atom stereocenters. The fourth-order valence-electron chi connectivity index (χ4n) is 11.5. The maximum Gasteiger partial charge on any atom is 0.414 e. The van der Waals surface area contributed by atoms with Crippen LogP contribution < -0.4 is 70.0 Å². The van der Waals surface area contributed by atoms with Gasteiger partial charge in [0.1, 0.15) is 89.4 Å². The Morgan fingerprint density at radius 3 is 1.73 bits per heavy atom. The highest BCUT2D eigenvalue weighted by Gasteiger charge is 2.56. The van der Waals surface area contributed by atoms with E-state index in [0.29, 0.717) is 71.3 Å². The van der Waals surface area contributed by atoms with Crippen LogP contribution in [0.15, 0.2) is 106 Å². The van der Waals surface area contributed by atoms with Gasteiger partial charge < -0.3 is 98.2 Å². The smallest absolute Gasteiger partial charge is 0.414 e. The second kappa shape index (κ2) is 38.3. The number of imidazole rings is 2. The van der Waals surface area contributed by atoms with Crippen molar-refractivity contribution in [1.82, 2.24) is 68.5 Å². The van der Waals surface area contributed by atoms with Crippen LogP contribution in [0.25, 0.3) is 22.3 Å². The molecule has 0 radical (unpaired) electrons. The maximum absolute atomic E-state index is 14.2. The monoisotopic (exact) mass is 1710 g/mol. The number of halogens is 2. The number of amides is 6. The molecular formula is C68H86ClIN20O15S4. The van der Waals surface area contributed by atoms with Gasteiger partial charge in [-0.15, -0.1) is 35.9 Å². The third kappa shape index (κ3) is 21.0. The number of carboxylic acids is 1. The van der Waals surface area contributed by atoms with Gasteiger partial charge in [0.05, 0.1) is 31.2 Å². The number of aromatic nitrogens is 10. The van der Waals surface area contributed by atoms with E-state index in [1.807, 2.05) is 78.1 Å². The normalized spacial score (nSPS) is 16.9. The highest BCUT2D eigenvalue weighted by atomic mass is 127.